The third-order valence-corrected chi connectivity index (χ3v) is 5.99. The zero-order chi connectivity index (χ0) is 24.1. The average molecular weight is 470 g/mol. The number of nitrogens with zero attached hydrogens (tertiary/aromatic N) is 2. The number of nitrogens with one attached hydrogen (secondary N) is 1. The number of amides is 1. The quantitative estimate of drug-likeness (QED) is 0.301. The number of aromatic nitrogens is 1. The molecule has 0 aliphatic carbocycles. The van der Waals surface area contributed by atoms with Gasteiger partial charge in [-0.25, -0.2) is 0 Å². The van der Waals surface area contributed by atoms with Crippen molar-refractivity contribution >= 4 is 22.6 Å². The van der Waals surface area contributed by atoms with Gasteiger partial charge in [0, 0.05) is 11.9 Å². The van der Waals surface area contributed by atoms with Crippen LogP contribution in [-0.2, 0) is 4.79 Å². The Kier molecular flexibility index (Phi) is 11.5. The van der Waals surface area contributed by atoms with Crippen LogP contribution in [-0.4, -0.2) is 46.2 Å². The fourth-order valence-electron chi connectivity index (χ4n) is 3.07. The molecule has 7 nitrogen and oxygen atoms in total. The number of benzene rings is 1. The molecule has 176 valence electrons. The van der Waals surface area contributed by atoms with Gasteiger partial charge < -0.3 is 20.3 Å². The summed E-state index contributed by atoms with van der Waals surface area (Å²) in [6, 6.07) is 14.6. The fourth-order valence-corrected chi connectivity index (χ4v) is 4.08. The lowest BCUT2D eigenvalue weighted by Gasteiger charge is -2.20. The van der Waals surface area contributed by atoms with Crippen LogP contribution in [0.4, 0.5) is 0 Å². The summed E-state index contributed by atoms with van der Waals surface area (Å²) in [5.74, 6) is 0.392. The predicted molar refractivity (Wildman–Crippen MR) is 130 cm³/mol. The summed E-state index contributed by atoms with van der Waals surface area (Å²) in [5, 5.41) is 31.8. The SMILES string of the molecule is CCCOc1ccc(C(CCC)NC(=O)/C(C#N)=C(\SCC(O)CO)c2ccccn2)cc1. The zero-order valence-corrected chi connectivity index (χ0v) is 19.8. The van der Waals surface area contributed by atoms with Gasteiger partial charge in [-0.2, -0.15) is 5.26 Å². The summed E-state index contributed by atoms with van der Waals surface area (Å²) in [4.78, 5) is 17.8. The number of carbonyl (C=O) groups excluding carboxylic acids is 1. The maximum Gasteiger partial charge on any atom is 0.263 e. The monoisotopic (exact) mass is 469 g/mol. The van der Waals surface area contributed by atoms with Gasteiger partial charge in [0.1, 0.15) is 17.4 Å². The third-order valence-electron chi connectivity index (χ3n) is 4.73. The normalized spacial score (nSPS) is 13.4. The highest BCUT2D eigenvalue weighted by Crippen LogP contribution is 2.31. The molecule has 0 spiro atoms. The number of rotatable bonds is 13. The first-order valence-corrected chi connectivity index (χ1v) is 12.0. The van der Waals surface area contributed by atoms with Crippen molar-refractivity contribution in [1.29, 1.82) is 5.26 Å². The summed E-state index contributed by atoms with van der Waals surface area (Å²) in [5.41, 5.74) is 1.31. The molecule has 0 radical (unpaired) electrons. The molecular formula is C25H31N3O4S. The van der Waals surface area contributed by atoms with E-state index < -0.39 is 18.6 Å². The number of aliphatic hydroxyl groups excluding tert-OH is 2. The zero-order valence-electron chi connectivity index (χ0n) is 19.0. The summed E-state index contributed by atoms with van der Waals surface area (Å²) in [7, 11) is 0. The van der Waals surface area contributed by atoms with Crippen molar-refractivity contribution in [1.82, 2.24) is 10.3 Å². The smallest absolute Gasteiger partial charge is 0.263 e. The Labute approximate surface area is 199 Å². The van der Waals surface area contributed by atoms with E-state index in [1.165, 1.54) is 0 Å². The van der Waals surface area contributed by atoms with E-state index >= 15 is 0 Å². The molecule has 2 unspecified atom stereocenters. The first kappa shape index (κ1) is 26.4. The molecule has 2 aromatic rings. The summed E-state index contributed by atoms with van der Waals surface area (Å²) in [6.07, 6.45) is 3.07. The molecule has 1 aromatic carbocycles. The van der Waals surface area contributed by atoms with Crippen LogP contribution < -0.4 is 10.1 Å². The molecule has 0 aliphatic rings. The van der Waals surface area contributed by atoms with Crippen LogP contribution in [0.25, 0.3) is 4.91 Å². The molecule has 2 rings (SSSR count). The van der Waals surface area contributed by atoms with Crippen molar-refractivity contribution in [3.63, 3.8) is 0 Å². The minimum Gasteiger partial charge on any atom is -0.494 e. The molecule has 3 N–H and O–H groups in total. The van der Waals surface area contributed by atoms with E-state index in [0.29, 0.717) is 23.6 Å². The molecular weight excluding hydrogens is 438 g/mol. The number of thioether (sulfide) groups is 1. The highest BCUT2D eigenvalue weighted by Gasteiger charge is 2.22. The number of pyridine rings is 1. The van der Waals surface area contributed by atoms with Crippen LogP contribution in [0, 0.1) is 11.3 Å². The van der Waals surface area contributed by atoms with Crippen LogP contribution in [0.5, 0.6) is 5.75 Å². The summed E-state index contributed by atoms with van der Waals surface area (Å²) in [6.45, 7) is 4.31. The molecule has 33 heavy (non-hydrogen) atoms. The second-order valence-electron chi connectivity index (χ2n) is 7.41. The Morgan fingerprint density at radius 2 is 1.97 bits per heavy atom. The third kappa shape index (κ3) is 8.21. The molecule has 0 fully saturated rings. The first-order valence-electron chi connectivity index (χ1n) is 11.0. The largest absolute Gasteiger partial charge is 0.494 e. The minimum atomic E-state index is -0.974. The Balaban J connectivity index is 2.31. The molecule has 0 aliphatic heterocycles. The van der Waals surface area contributed by atoms with Gasteiger partial charge in [0.15, 0.2) is 0 Å². The van der Waals surface area contributed by atoms with Gasteiger partial charge in [0.2, 0.25) is 0 Å². The van der Waals surface area contributed by atoms with E-state index in [0.717, 1.165) is 35.9 Å². The lowest BCUT2D eigenvalue weighted by atomic mass is 10.0. The molecule has 1 amide bonds. The molecule has 0 bridgehead atoms. The lowest BCUT2D eigenvalue weighted by molar-refractivity contribution is -0.117. The number of hydrogen-bond acceptors (Lipinski definition) is 7. The van der Waals surface area contributed by atoms with E-state index in [1.807, 2.05) is 44.2 Å². The Morgan fingerprint density at radius 1 is 1.21 bits per heavy atom. The van der Waals surface area contributed by atoms with Gasteiger partial charge in [-0.3, -0.25) is 9.78 Å². The first-order chi connectivity index (χ1) is 16.0. The Bertz CT molecular complexity index is 942. The highest BCUT2D eigenvalue weighted by atomic mass is 32.2. The minimum absolute atomic E-state index is 0.0761. The van der Waals surface area contributed by atoms with Crippen molar-refractivity contribution in [2.24, 2.45) is 0 Å². The van der Waals surface area contributed by atoms with Crippen LogP contribution in [0.3, 0.4) is 0 Å². The van der Waals surface area contributed by atoms with E-state index in [2.05, 4.69) is 10.3 Å². The van der Waals surface area contributed by atoms with E-state index in [9.17, 15) is 15.2 Å². The van der Waals surface area contributed by atoms with Crippen LogP contribution in [0.1, 0.15) is 50.4 Å². The van der Waals surface area contributed by atoms with Gasteiger partial charge in [-0.15, -0.1) is 11.8 Å². The van der Waals surface area contributed by atoms with Crippen molar-refractivity contribution in [2.45, 2.75) is 45.3 Å². The van der Waals surface area contributed by atoms with E-state index in [-0.39, 0.29) is 17.4 Å². The second-order valence-corrected chi connectivity index (χ2v) is 8.44. The lowest BCUT2D eigenvalue weighted by Crippen LogP contribution is -2.30. The Hall–Kier alpha value is -2.86. The number of aliphatic hydroxyl groups is 2. The molecule has 2 atom stereocenters. The number of nitriles is 1. The number of hydrogen-bond donors (Lipinski definition) is 3. The predicted octanol–water partition coefficient (Wildman–Crippen LogP) is 3.85. The molecule has 1 heterocycles. The standard InChI is InChI=1S/C25H31N3O4S/c1-3-7-22(18-9-11-20(12-10-18)32-14-4-2)28-25(31)21(15-26)24(33-17-19(30)16-29)23-8-5-6-13-27-23/h5-6,8-13,19,22,29-30H,3-4,7,14,16-17H2,1-2H3,(H,28,31)/b24-21-. The average Bonchev–Trinajstić information content (AvgIpc) is 2.85. The molecule has 0 saturated carbocycles. The number of carbonyl (C=O) groups is 1. The Morgan fingerprint density at radius 3 is 2.55 bits per heavy atom. The van der Waals surface area contributed by atoms with Gasteiger partial charge in [0.25, 0.3) is 5.91 Å². The van der Waals surface area contributed by atoms with Gasteiger partial charge in [0.05, 0.1) is 36.0 Å². The van der Waals surface area contributed by atoms with E-state index in [4.69, 9.17) is 9.84 Å². The van der Waals surface area contributed by atoms with Crippen molar-refractivity contribution in [3.05, 3.63) is 65.5 Å². The summed E-state index contributed by atoms with van der Waals surface area (Å²) < 4.78 is 5.64. The van der Waals surface area contributed by atoms with E-state index in [1.54, 1.807) is 24.4 Å². The molecule has 8 heteroatoms. The van der Waals surface area contributed by atoms with Crippen LogP contribution >= 0.6 is 11.8 Å². The van der Waals surface area contributed by atoms with Crippen molar-refractivity contribution in [2.75, 3.05) is 19.0 Å². The van der Waals surface area contributed by atoms with Crippen LogP contribution in [0.15, 0.2) is 54.2 Å². The van der Waals surface area contributed by atoms with Crippen LogP contribution in [0.2, 0.25) is 0 Å². The molecule has 0 saturated heterocycles. The topological polar surface area (TPSA) is 115 Å². The summed E-state index contributed by atoms with van der Waals surface area (Å²) >= 11 is 1.12. The van der Waals surface area contributed by atoms with Crippen molar-refractivity contribution < 1.29 is 19.7 Å². The van der Waals surface area contributed by atoms with Crippen molar-refractivity contribution in [3.8, 4) is 11.8 Å². The van der Waals surface area contributed by atoms with Gasteiger partial charge >= 0.3 is 0 Å². The second kappa shape index (κ2) is 14.3. The van der Waals surface area contributed by atoms with Gasteiger partial charge in [-0.05, 0) is 42.7 Å². The fraction of sp³-hybridized carbons (Fsp3) is 0.400. The highest BCUT2D eigenvalue weighted by molar-refractivity contribution is 8.08. The maximum absolute atomic E-state index is 13.2. The maximum atomic E-state index is 13.2. The number of ether oxygens (including phenoxy) is 1. The molecule has 1 aromatic heterocycles. The van der Waals surface area contributed by atoms with Gasteiger partial charge in [-0.1, -0.05) is 38.5 Å².